The van der Waals surface area contributed by atoms with E-state index in [-0.39, 0.29) is 43.9 Å². The van der Waals surface area contributed by atoms with Gasteiger partial charge in [0.15, 0.2) is 0 Å². The summed E-state index contributed by atoms with van der Waals surface area (Å²) in [4.78, 5) is 79.1. The number of carboxylic acids is 3. The van der Waals surface area contributed by atoms with Gasteiger partial charge in [-0.15, -0.1) is 0 Å². The number of hydrogen-bond donors (Lipinski definition) is 6. The Kier molecular flexibility index (Phi) is 19.1. The van der Waals surface area contributed by atoms with E-state index >= 15 is 0 Å². The van der Waals surface area contributed by atoms with Crippen LogP contribution in [0.5, 0.6) is 0 Å². The molecule has 0 radical (unpaired) electrons. The van der Waals surface area contributed by atoms with Gasteiger partial charge in [0, 0.05) is 84.0 Å². The van der Waals surface area contributed by atoms with Gasteiger partial charge in [-0.2, -0.15) is 0 Å². The molecule has 16 heteroatoms. The molecule has 3 amide bonds. The molecule has 0 spiro atoms. The maximum absolute atomic E-state index is 12.9. The molecule has 54 heavy (non-hydrogen) atoms. The maximum Gasteiger partial charge on any atom is 0.317 e. The molecule has 1 heterocycles. The summed E-state index contributed by atoms with van der Waals surface area (Å²) in [5.41, 5.74) is 3.77. The Bertz CT molecular complexity index is 1490. The van der Waals surface area contributed by atoms with Crippen LogP contribution in [0.25, 0.3) is 0 Å². The zero-order valence-corrected chi connectivity index (χ0v) is 31.1. The van der Waals surface area contributed by atoms with E-state index in [0.29, 0.717) is 90.4 Å². The molecule has 0 aliphatic carbocycles. The minimum absolute atomic E-state index is 0.0134. The molecule has 2 aromatic rings. The Hall–Kier alpha value is -4.90. The second-order valence-corrected chi connectivity index (χ2v) is 13.6. The molecule has 0 aromatic heterocycles. The van der Waals surface area contributed by atoms with Crippen molar-refractivity contribution in [2.75, 3.05) is 91.6 Å². The Labute approximate surface area is 316 Å². The zero-order chi connectivity index (χ0) is 39.3. The van der Waals surface area contributed by atoms with E-state index in [1.54, 1.807) is 39.0 Å². The minimum atomic E-state index is -1.03. The summed E-state index contributed by atoms with van der Waals surface area (Å²) >= 11 is 0. The predicted octanol–water partition coefficient (Wildman–Crippen LogP) is 0.346. The summed E-state index contributed by atoms with van der Waals surface area (Å²) < 4.78 is 0. The fraction of sp³-hybridized carbons (Fsp3) is 0.526. The van der Waals surface area contributed by atoms with Gasteiger partial charge < -0.3 is 31.3 Å². The number of rotatable bonds is 19. The van der Waals surface area contributed by atoms with Crippen molar-refractivity contribution in [3.8, 4) is 0 Å². The molecule has 296 valence electrons. The Morgan fingerprint density at radius 2 is 0.981 bits per heavy atom. The van der Waals surface area contributed by atoms with E-state index < -0.39 is 17.9 Å². The van der Waals surface area contributed by atoms with Crippen LogP contribution < -0.4 is 16.0 Å². The highest BCUT2D eigenvalue weighted by Crippen LogP contribution is 2.09. The largest absolute Gasteiger partial charge is 0.480 e. The fourth-order valence-electron chi connectivity index (χ4n) is 5.93. The number of hydrogen-bond acceptors (Lipinski definition) is 10. The van der Waals surface area contributed by atoms with Gasteiger partial charge >= 0.3 is 17.9 Å². The van der Waals surface area contributed by atoms with Crippen LogP contribution in [-0.2, 0) is 36.9 Å². The Morgan fingerprint density at radius 1 is 0.537 bits per heavy atom. The van der Waals surface area contributed by atoms with E-state index in [9.17, 15) is 44.1 Å². The van der Waals surface area contributed by atoms with Gasteiger partial charge in [0.25, 0.3) is 5.91 Å². The molecule has 1 aliphatic heterocycles. The molecule has 3 rings (SSSR count). The van der Waals surface area contributed by atoms with Gasteiger partial charge in [-0.05, 0) is 49.4 Å². The van der Waals surface area contributed by atoms with Crippen molar-refractivity contribution in [3.63, 3.8) is 0 Å². The lowest BCUT2D eigenvalue weighted by molar-refractivity contribution is -0.140. The molecule has 0 saturated carbocycles. The third kappa shape index (κ3) is 18.2. The number of benzene rings is 2. The summed E-state index contributed by atoms with van der Waals surface area (Å²) in [6, 6.07) is 15.3. The Morgan fingerprint density at radius 3 is 1.46 bits per heavy atom. The molecule has 16 nitrogen and oxygen atoms in total. The van der Waals surface area contributed by atoms with Crippen LogP contribution >= 0.6 is 0 Å². The lowest BCUT2D eigenvalue weighted by Crippen LogP contribution is -2.49. The van der Waals surface area contributed by atoms with E-state index in [2.05, 4.69) is 40.2 Å². The van der Waals surface area contributed by atoms with Gasteiger partial charge in [-0.25, -0.2) is 0 Å². The second kappa shape index (κ2) is 23.7. The minimum Gasteiger partial charge on any atom is -0.480 e. The Balaban J connectivity index is 1.39. The van der Waals surface area contributed by atoms with Gasteiger partial charge in [-0.3, -0.25) is 48.4 Å². The lowest BCUT2D eigenvalue weighted by atomic mass is 10.1. The van der Waals surface area contributed by atoms with Crippen LogP contribution in [0, 0.1) is 6.92 Å². The number of amides is 3. The molecule has 2 aromatic carbocycles. The van der Waals surface area contributed by atoms with E-state index in [1.807, 2.05) is 11.8 Å². The molecule has 0 unspecified atom stereocenters. The van der Waals surface area contributed by atoms with Gasteiger partial charge in [0.05, 0.1) is 26.2 Å². The molecule has 1 aliphatic rings. The summed E-state index contributed by atoms with van der Waals surface area (Å²) in [5, 5.41) is 36.7. The molecular formula is C38H55N7O9. The van der Waals surface area contributed by atoms with Crippen molar-refractivity contribution in [2.45, 2.75) is 39.2 Å². The number of carbonyl (C=O) groups is 6. The predicted molar refractivity (Wildman–Crippen MR) is 201 cm³/mol. The maximum atomic E-state index is 12.9. The third-order valence-corrected chi connectivity index (χ3v) is 9.03. The molecule has 0 bridgehead atoms. The van der Waals surface area contributed by atoms with Crippen molar-refractivity contribution >= 4 is 35.6 Å². The zero-order valence-electron chi connectivity index (χ0n) is 31.1. The molecular weight excluding hydrogens is 698 g/mol. The van der Waals surface area contributed by atoms with E-state index in [0.717, 1.165) is 18.4 Å². The first-order chi connectivity index (χ1) is 25.9. The van der Waals surface area contributed by atoms with Crippen LogP contribution in [0.15, 0.2) is 48.5 Å². The van der Waals surface area contributed by atoms with E-state index in [1.165, 1.54) is 11.1 Å². The summed E-state index contributed by atoms with van der Waals surface area (Å²) in [5.74, 6) is -3.60. The second-order valence-electron chi connectivity index (χ2n) is 13.6. The monoisotopic (exact) mass is 753 g/mol. The van der Waals surface area contributed by atoms with Crippen molar-refractivity contribution in [2.24, 2.45) is 0 Å². The summed E-state index contributed by atoms with van der Waals surface area (Å²) in [6.07, 6.45) is 2.53. The number of carbonyl (C=O) groups excluding carboxylic acids is 3. The van der Waals surface area contributed by atoms with Gasteiger partial charge in [-0.1, -0.05) is 42.0 Å². The normalized spacial score (nSPS) is 15.4. The number of aliphatic carboxylic acids is 3. The number of carboxylic acid groups (broad SMARTS) is 3. The lowest BCUT2D eigenvalue weighted by Gasteiger charge is -2.32. The topological polar surface area (TPSA) is 212 Å². The highest BCUT2D eigenvalue weighted by atomic mass is 16.4. The van der Waals surface area contributed by atoms with Crippen LogP contribution in [-0.4, -0.2) is 162 Å². The first-order valence-electron chi connectivity index (χ1n) is 18.4. The average molecular weight is 754 g/mol. The van der Waals surface area contributed by atoms with Crippen LogP contribution in [0.3, 0.4) is 0 Å². The van der Waals surface area contributed by atoms with Crippen molar-refractivity contribution < 1.29 is 44.1 Å². The molecule has 0 atom stereocenters. The van der Waals surface area contributed by atoms with Crippen molar-refractivity contribution in [3.05, 3.63) is 70.8 Å². The SMILES string of the molecule is Cc1ccc(CCCC(=O)NCc2ccc(C(=O)NCCCNC(=O)CN3CCN(CC(=O)O)CCN(CC(=O)O)CCN(CC(=O)O)CC3)cc2)cc1. The van der Waals surface area contributed by atoms with Gasteiger partial charge in [0.1, 0.15) is 0 Å². The van der Waals surface area contributed by atoms with Gasteiger partial charge in [0.2, 0.25) is 11.8 Å². The standard InChI is InChI=1S/C38H55N7O9/c1-29-6-8-30(9-7-29)4-2-5-33(46)41-24-31-10-12-32(13-11-31)38(54)40-15-3-14-39-34(47)25-42-16-18-43(26-35(48)49)20-22-45(28-37(52)53)23-21-44(19-17-42)27-36(50)51/h6-13H,2-5,14-28H2,1H3,(H,39,47)(H,40,54)(H,41,46)(H,48,49)(H,50,51)(H,52,53). The highest BCUT2D eigenvalue weighted by molar-refractivity contribution is 5.94. The smallest absolute Gasteiger partial charge is 0.317 e. The highest BCUT2D eigenvalue weighted by Gasteiger charge is 2.21. The average Bonchev–Trinajstić information content (AvgIpc) is 3.12. The van der Waals surface area contributed by atoms with E-state index in [4.69, 9.17) is 0 Å². The third-order valence-electron chi connectivity index (χ3n) is 9.03. The molecule has 1 saturated heterocycles. The molecule has 6 N–H and O–H groups in total. The summed E-state index contributed by atoms with van der Waals surface area (Å²) in [6.45, 7) is 4.83. The van der Waals surface area contributed by atoms with Crippen molar-refractivity contribution in [1.29, 1.82) is 0 Å². The number of aryl methyl sites for hydroxylation is 2. The number of nitrogens with zero attached hydrogens (tertiary/aromatic N) is 4. The fourth-order valence-corrected chi connectivity index (χ4v) is 5.93. The summed E-state index contributed by atoms with van der Waals surface area (Å²) in [7, 11) is 0. The first kappa shape index (κ1) is 43.5. The first-order valence-corrected chi connectivity index (χ1v) is 18.4. The van der Waals surface area contributed by atoms with Crippen LogP contribution in [0.2, 0.25) is 0 Å². The van der Waals surface area contributed by atoms with Crippen LogP contribution in [0.1, 0.15) is 46.3 Å². The quantitative estimate of drug-likeness (QED) is 0.107. The van der Waals surface area contributed by atoms with Crippen LogP contribution in [0.4, 0.5) is 0 Å². The number of nitrogens with one attached hydrogen (secondary N) is 3. The molecule has 1 fully saturated rings. The van der Waals surface area contributed by atoms with Crippen molar-refractivity contribution in [1.82, 2.24) is 35.6 Å².